The van der Waals surface area contributed by atoms with Crippen LogP contribution in [0.25, 0.3) is 5.69 Å². The number of para-hydroxylation sites is 1. The fraction of sp³-hybridized carbons (Fsp3) is 0.120. The van der Waals surface area contributed by atoms with Gasteiger partial charge >= 0.3 is 0 Å². The topological polar surface area (TPSA) is 84.3 Å². The van der Waals surface area contributed by atoms with Crippen molar-refractivity contribution in [2.75, 3.05) is 10.6 Å². The number of benzene rings is 3. The van der Waals surface area contributed by atoms with E-state index in [9.17, 15) is 13.2 Å². The van der Waals surface area contributed by atoms with Gasteiger partial charge < -0.3 is 9.88 Å². The molecule has 0 aliphatic rings. The van der Waals surface area contributed by atoms with E-state index in [0.717, 1.165) is 23.1 Å². The van der Waals surface area contributed by atoms with Crippen molar-refractivity contribution >= 4 is 33.2 Å². The molecule has 4 rings (SSSR count). The van der Waals surface area contributed by atoms with E-state index in [-0.39, 0.29) is 12.5 Å². The van der Waals surface area contributed by atoms with Crippen LogP contribution in [-0.4, -0.2) is 30.1 Å². The fourth-order valence-corrected chi connectivity index (χ4v) is 4.54. The van der Waals surface area contributed by atoms with Crippen molar-refractivity contribution in [2.24, 2.45) is 0 Å². The second kappa shape index (κ2) is 10.1. The minimum Gasteiger partial charge on any atom is -0.348 e. The molecule has 0 bridgehead atoms. The number of hydrogen-bond acceptors (Lipinski definition) is 4. The van der Waals surface area contributed by atoms with Gasteiger partial charge in [0.25, 0.3) is 5.91 Å². The number of rotatable bonds is 8. The van der Waals surface area contributed by atoms with Gasteiger partial charge in [-0.05, 0) is 53.6 Å². The minimum absolute atomic E-state index is 0.159. The zero-order valence-electron chi connectivity index (χ0n) is 18.4. The van der Waals surface area contributed by atoms with Crippen LogP contribution >= 0.6 is 11.6 Å². The molecule has 0 aliphatic carbocycles. The van der Waals surface area contributed by atoms with Gasteiger partial charge in [0.05, 0.1) is 30.5 Å². The molecule has 0 aliphatic heterocycles. The van der Waals surface area contributed by atoms with Crippen LogP contribution in [0.1, 0.15) is 21.5 Å². The number of nitrogens with zero attached hydrogens (tertiary/aromatic N) is 3. The molecule has 1 heterocycles. The van der Waals surface area contributed by atoms with Crippen LogP contribution in [0.3, 0.4) is 0 Å². The van der Waals surface area contributed by atoms with Crippen molar-refractivity contribution in [3.63, 3.8) is 0 Å². The quantitative estimate of drug-likeness (QED) is 0.393. The van der Waals surface area contributed by atoms with Gasteiger partial charge in [-0.3, -0.25) is 9.10 Å². The fourth-order valence-electron chi connectivity index (χ4n) is 3.53. The van der Waals surface area contributed by atoms with Crippen LogP contribution in [0.2, 0.25) is 5.02 Å². The summed E-state index contributed by atoms with van der Waals surface area (Å²) >= 11 is 5.93. The number of hydrogen-bond donors (Lipinski definition) is 1. The highest BCUT2D eigenvalue weighted by Gasteiger charge is 2.18. The monoisotopic (exact) mass is 494 g/mol. The number of sulfonamides is 1. The summed E-state index contributed by atoms with van der Waals surface area (Å²) in [5.41, 5.74) is 3.58. The average molecular weight is 495 g/mol. The number of nitrogens with one attached hydrogen (secondary N) is 1. The first-order valence-electron chi connectivity index (χ1n) is 10.5. The van der Waals surface area contributed by atoms with E-state index >= 15 is 0 Å². The molecule has 0 atom stereocenters. The highest BCUT2D eigenvalue weighted by atomic mass is 35.5. The predicted molar refractivity (Wildman–Crippen MR) is 134 cm³/mol. The van der Waals surface area contributed by atoms with Crippen molar-refractivity contribution < 1.29 is 13.2 Å². The summed E-state index contributed by atoms with van der Waals surface area (Å²) in [6, 6.07) is 21.2. The first kappa shape index (κ1) is 23.5. The van der Waals surface area contributed by atoms with Gasteiger partial charge in [0.2, 0.25) is 10.0 Å². The van der Waals surface area contributed by atoms with E-state index in [1.54, 1.807) is 61.1 Å². The zero-order chi connectivity index (χ0) is 24.1. The Bertz CT molecular complexity index is 1370. The maximum Gasteiger partial charge on any atom is 0.251 e. The van der Waals surface area contributed by atoms with Gasteiger partial charge in [-0.1, -0.05) is 41.9 Å². The molecule has 4 aromatic rings. The molecule has 0 radical (unpaired) electrons. The van der Waals surface area contributed by atoms with Gasteiger partial charge in [-0.15, -0.1) is 0 Å². The standard InChI is InChI=1S/C25H23ClN4O3S/c1-34(32,33)30(17-19-6-10-22(26)11-7-19)23-12-8-20(9-13-23)25(31)28-16-21-4-2-3-5-24(21)29-15-14-27-18-29/h2-15,18H,16-17H2,1H3,(H,28,31). The molecule has 1 aromatic heterocycles. The molecular formula is C25H23ClN4O3S. The first-order valence-corrected chi connectivity index (χ1v) is 12.7. The van der Waals surface area contributed by atoms with E-state index in [2.05, 4.69) is 10.3 Å². The smallest absolute Gasteiger partial charge is 0.251 e. The Balaban J connectivity index is 1.47. The molecule has 0 fully saturated rings. The molecule has 3 aromatic carbocycles. The number of halogens is 1. The average Bonchev–Trinajstić information content (AvgIpc) is 3.37. The molecule has 0 unspecified atom stereocenters. The SMILES string of the molecule is CS(=O)(=O)N(Cc1ccc(Cl)cc1)c1ccc(C(=O)NCc2ccccc2-n2ccnc2)cc1. The van der Waals surface area contributed by atoms with Gasteiger partial charge in [-0.2, -0.15) is 0 Å². The van der Waals surface area contributed by atoms with E-state index in [1.165, 1.54) is 4.31 Å². The van der Waals surface area contributed by atoms with E-state index in [4.69, 9.17) is 11.6 Å². The summed E-state index contributed by atoms with van der Waals surface area (Å²) < 4.78 is 28.0. The third kappa shape index (κ3) is 5.65. The molecule has 1 amide bonds. The Kier molecular flexibility index (Phi) is 7.00. The van der Waals surface area contributed by atoms with Gasteiger partial charge in [-0.25, -0.2) is 13.4 Å². The first-order chi connectivity index (χ1) is 16.3. The highest BCUT2D eigenvalue weighted by molar-refractivity contribution is 7.92. The molecule has 7 nitrogen and oxygen atoms in total. The third-order valence-corrected chi connectivity index (χ3v) is 6.66. The normalized spacial score (nSPS) is 11.2. The number of anilines is 1. The van der Waals surface area contributed by atoms with E-state index < -0.39 is 10.0 Å². The molecule has 0 spiro atoms. The number of carbonyl (C=O) groups excluding carboxylic acids is 1. The Morgan fingerprint density at radius 2 is 1.74 bits per heavy atom. The zero-order valence-corrected chi connectivity index (χ0v) is 20.0. The lowest BCUT2D eigenvalue weighted by Gasteiger charge is -2.23. The van der Waals surface area contributed by atoms with Crippen molar-refractivity contribution in [3.8, 4) is 5.69 Å². The Morgan fingerprint density at radius 3 is 2.38 bits per heavy atom. The minimum atomic E-state index is -3.54. The summed E-state index contributed by atoms with van der Waals surface area (Å²) in [5, 5.41) is 3.51. The summed E-state index contributed by atoms with van der Waals surface area (Å²) in [5.74, 6) is -0.254. The Hall–Kier alpha value is -3.62. The van der Waals surface area contributed by atoms with Crippen LogP contribution < -0.4 is 9.62 Å². The van der Waals surface area contributed by atoms with E-state index in [0.29, 0.717) is 22.8 Å². The number of amides is 1. The van der Waals surface area contributed by atoms with Crippen LogP contribution in [0.5, 0.6) is 0 Å². The Labute approximate surface area is 203 Å². The van der Waals surface area contributed by atoms with Gasteiger partial charge in [0, 0.05) is 29.5 Å². The highest BCUT2D eigenvalue weighted by Crippen LogP contribution is 2.22. The third-order valence-electron chi connectivity index (χ3n) is 5.27. The van der Waals surface area contributed by atoms with Crippen molar-refractivity contribution in [1.82, 2.24) is 14.9 Å². The largest absolute Gasteiger partial charge is 0.348 e. The van der Waals surface area contributed by atoms with Crippen LogP contribution in [0.4, 0.5) is 5.69 Å². The second-order valence-corrected chi connectivity index (χ2v) is 10.1. The number of imidazole rings is 1. The molecule has 1 N–H and O–H groups in total. The summed E-state index contributed by atoms with van der Waals surface area (Å²) in [4.78, 5) is 16.8. The molecule has 0 saturated carbocycles. The van der Waals surface area contributed by atoms with E-state index in [1.807, 2.05) is 35.0 Å². The second-order valence-electron chi connectivity index (χ2n) is 7.72. The van der Waals surface area contributed by atoms with Crippen LogP contribution in [0.15, 0.2) is 91.5 Å². The lowest BCUT2D eigenvalue weighted by molar-refractivity contribution is 0.0951. The number of aromatic nitrogens is 2. The summed E-state index contributed by atoms with van der Waals surface area (Å²) in [6.07, 6.45) is 6.40. The molecule has 0 saturated heterocycles. The lowest BCUT2D eigenvalue weighted by atomic mass is 10.1. The lowest BCUT2D eigenvalue weighted by Crippen LogP contribution is -2.29. The maximum absolute atomic E-state index is 12.7. The van der Waals surface area contributed by atoms with Gasteiger partial charge in [0.1, 0.15) is 0 Å². The molecule has 9 heteroatoms. The summed E-state index contributed by atoms with van der Waals surface area (Å²) in [6.45, 7) is 0.494. The molecular weight excluding hydrogens is 472 g/mol. The molecule has 174 valence electrons. The maximum atomic E-state index is 12.7. The van der Waals surface area contributed by atoms with Crippen molar-refractivity contribution in [3.05, 3.63) is 113 Å². The predicted octanol–water partition coefficient (Wildman–Crippen LogP) is 4.42. The number of carbonyl (C=O) groups is 1. The van der Waals surface area contributed by atoms with Crippen molar-refractivity contribution in [1.29, 1.82) is 0 Å². The van der Waals surface area contributed by atoms with Crippen LogP contribution in [-0.2, 0) is 23.1 Å². The van der Waals surface area contributed by atoms with Gasteiger partial charge in [0.15, 0.2) is 0 Å². The Morgan fingerprint density at radius 1 is 1.03 bits per heavy atom. The van der Waals surface area contributed by atoms with Crippen LogP contribution in [0, 0.1) is 0 Å². The summed E-state index contributed by atoms with van der Waals surface area (Å²) in [7, 11) is -3.54. The molecule has 34 heavy (non-hydrogen) atoms. The van der Waals surface area contributed by atoms with Crippen molar-refractivity contribution in [2.45, 2.75) is 13.1 Å².